The van der Waals surface area contributed by atoms with E-state index in [0.717, 1.165) is 14.7 Å². The maximum absolute atomic E-state index is 15.1. The molecular weight excluding hydrogens is 1110 g/mol. The number of aliphatic hydroxyl groups is 2. The van der Waals surface area contributed by atoms with Crippen LogP contribution in [0.2, 0.25) is 0 Å². The summed E-state index contributed by atoms with van der Waals surface area (Å²) in [7, 11) is 9.72. The van der Waals surface area contributed by atoms with E-state index in [9.17, 15) is 53.4 Å². The Labute approximate surface area is 513 Å². The predicted molar refractivity (Wildman–Crippen MR) is 330 cm³/mol. The van der Waals surface area contributed by atoms with E-state index in [1.165, 1.54) is 82.8 Å². The van der Waals surface area contributed by atoms with Crippen LogP contribution < -0.4 is 21.3 Å². The summed E-state index contributed by atoms with van der Waals surface area (Å²) in [6.07, 6.45) is 2.68. The molecule has 6 N–H and O–H groups in total. The number of carbonyl (C=O) groups is 11. The van der Waals surface area contributed by atoms with Crippen LogP contribution in [0.4, 0.5) is 0 Å². The SMILES string of the molecule is C/C=C/C[C@@H](C)[C@@H](O)[C@H]1C(=O)N[C@@H](CC)C(=O)N(C)CC(=O)N(C)[C@@H](CC(C)C)C(=O)N[C@@H](C(C)C)C(=O)N(C)[C@@H](CC(C)C)C(=O)N[C@@H](C)C(=O)N[C@H](C)C(=O)N(C)[C@H](CC(C)CO)C(=O)N(C)[C@@H](CC(C)C)C(=O)N(C)[C@@H](C(C)C)C(=O)N1C. The standard InChI is InChI=1S/C62H111N11O13/c1-24-26-27-40(14)52(76)51-56(80)65-43(25-2)58(82)67(17)32-48(75)68(18)44(28-34(3)4)55(79)66-49(37(9)10)61(85)69(19)45(29-35(5)6)54(78)63-41(15)53(77)64-42(16)57(81)70(20)47(31-39(13)33-74)59(83)71(21)46(30-36(7)8)60(84)72(22)50(38(11)12)62(86)73(51)23/h24,26,34-47,49-52,74,76H,25,27-33H2,1-23H3,(H,63,78)(H,64,77)(H,65,80)(H,66,79)/b26-24+/t39?,40-,41+,42-,43+,44+,45+,46+,47-,49+,50+,51+,52-/m1/s1. The smallest absolute Gasteiger partial charge is 0.246 e. The summed E-state index contributed by atoms with van der Waals surface area (Å²) in [6.45, 7) is 26.6. The predicted octanol–water partition coefficient (Wildman–Crippen LogP) is 2.24. The average molecular weight is 1220 g/mol. The minimum Gasteiger partial charge on any atom is -0.396 e. The van der Waals surface area contributed by atoms with Gasteiger partial charge in [-0.3, -0.25) is 52.7 Å². The normalized spacial score (nSPS) is 27.0. The Morgan fingerprint density at radius 2 is 0.930 bits per heavy atom. The van der Waals surface area contributed by atoms with Crippen LogP contribution in [0.15, 0.2) is 12.2 Å². The van der Waals surface area contributed by atoms with Gasteiger partial charge in [-0.2, -0.15) is 0 Å². The number of likely N-dealkylation sites (N-methyl/N-ethyl adjacent to an activating group) is 7. The topological polar surface area (TPSA) is 299 Å². The molecule has 0 aromatic carbocycles. The molecule has 1 saturated heterocycles. The molecule has 1 heterocycles. The van der Waals surface area contributed by atoms with E-state index in [-0.39, 0.29) is 56.5 Å². The lowest BCUT2D eigenvalue weighted by Gasteiger charge is -2.41. The quantitative estimate of drug-likeness (QED) is 0.121. The van der Waals surface area contributed by atoms with Gasteiger partial charge < -0.3 is 65.8 Å². The summed E-state index contributed by atoms with van der Waals surface area (Å²) in [4.78, 5) is 168. The van der Waals surface area contributed by atoms with Crippen molar-refractivity contribution in [1.82, 2.24) is 55.6 Å². The lowest BCUT2D eigenvalue weighted by Crippen LogP contribution is -2.63. The second-order valence-corrected chi connectivity index (χ2v) is 26.0. The third-order valence-corrected chi connectivity index (χ3v) is 16.3. The molecule has 86 heavy (non-hydrogen) atoms. The fourth-order valence-electron chi connectivity index (χ4n) is 10.7. The molecule has 11 amide bonds. The first-order chi connectivity index (χ1) is 39.7. The van der Waals surface area contributed by atoms with Crippen molar-refractivity contribution in [2.75, 3.05) is 62.5 Å². The highest BCUT2D eigenvalue weighted by Crippen LogP contribution is 2.26. The molecule has 0 saturated carbocycles. The summed E-state index contributed by atoms with van der Waals surface area (Å²) >= 11 is 0. The van der Waals surface area contributed by atoms with Crippen LogP contribution in [-0.2, 0) is 52.7 Å². The molecule has 1 aliphatic heterocycles. The summed E-state index contributed by atoms with van der Waals surface area (Å²) in [5.74, 6) is -10.6. The van der Waals surface area contributed by atoms with E-state index >= 15 is 9.59 Å². The van der Waals surface area contributed by atoms with E-state index in [0.29, 0.717) is 6.42 Å². The van der Waals surface area contributed by atoms with E-state index in [4.69, 9.17) is 0 Å². The average Bonchev–Trinajstić information content (AvgIpc) is 1.20. The summed E-state index contributed by atoms with van der Waals surface area (Å²) in [6, 6.07) is -12.8. The van der Waals surface area contributed by atoms with Crippen LogP contribution in [0.1, 0.15) is 149 Å². The number of allylic oxidation sites excluding steroid dienone is 2. The minimum atomic E-state index is -1.63. The number of aliphatic hydroxyl groups excluding tert-OH is 2. The molecule has 492 valence electrons. The Kier molecular flexibility index (Phi) is 32.2. The van der Waals surface area contributed by atoms with Gasteiger partial charge in [0.15, 0.2) is 0 Å². The van der Waals surface area contributed by atoms with Crippen LogP contribution in [0.25, 0.3) is 0 Å². The van der Waals surface area contributed by atoms with Gasteiger partial charge in [0.25, 0.3) is 0 Å². The molecule has 0 aromatic heterocycles. The van der Waals surface area contributed by atoms with Gasteiger partial charge in [0.1, 0.15) is 60.4 Å². The summed E-state index contributed by atoms with van der Waals surface area (Å²) in [5, 5.41) is 33.2. The lowest BCUT2D eigenvalue weighted by atomic mass is 9.91. The molecule has 0 spiro atoms. The minimum absolute atomic E-state index is 0.0107. The van der Waals surface area contributed by atoms with E-state index in [1.54, 1.807) is 67.5 Å². The van der Waals surface area contributed by atoms with Crippen LogP contribution in [0, 0.1) is 41.4 Å². The number of carbonyl (C=O) groups excluding carboxylic acids is 11. The first-order valence-corrected chi connectivity index (χ1v) is 30.7. The molecule has 1 fully saturated rings. The largest absolute Gasteiger partial charge is 0.396 e. The zero-order valence-corrected chi connectivity index (χ0v) is 56.2. The molecule has 0 aromatic rings. The van der Waals surface area contributed by atoms with Crippen molar-refractivity contribution < 1.29 is 63.0 Å². The number of rotatable bonds is 16. The van der Waals surface area contributed by atoms with Crippen molar-refractivity contribution in [3.05, 3.63) is 12.2 Å². The number of nitrogens with one attached hydrogen (secondary N) is 4. The molecule has 1 unspecified atom stereocenters. The Morgan fingerprint density at radius 1 is 0.488 bits per heavy atom. The first-order valence-electron chi connectivity index (χ1n) is 30.7. The summed E-state index contributed by atoms with van der Waals surface area (Å²) in [5.41, 5.74) is 0. The first kappa shape index (κ1) is 77.8. The zero-order chi connectivity index (χ0) is 66.7. The highest BCUT2D eigenvalue weighted by molar-refractivity contribution is 5.99. The van der Waals surface area contributed by atoms with Crippen LogP contribution in [0.3, 0.4) is 0 Å². The third-order valence-electron chi connectivity index (χ3n) is 16.3. The second-order valence-electron chi connectivity index (χ2n) is 26.0. The number of hydrogen-bond acceptors (Lipinski definition) is 13. The van der Waals surface area contributed by atoms with Gasteiger partial charge in [0.2, 0.25) is 65.0 Å². The van der Waals surface area contributed by atoms with Crippen molar-refractivity contribution >= 4 is 65.0 Å². The van der Waals surface area contributed by atoms with E-state index in [2.05, 4.69) is 21.3 Å². The fourth-order valence-corrected chi connectivity index (χ4v) is 10.7. The van der Waals surface area contributed by atoms with Crippen molar-refractivity contribution in [3.63, 3.8) is 0 Å². The molecule has 24 heteroatoms. The Balaban J connectivity index is 4.35. The Morgan fingerprint density at radius 3 is 1.41 bits per heavy atom. The molecule has 13 atom stereocenters. The molecule has 1 aliphatic rings. The summed E-state index contributed by atoms with van der Waals surface area (Å²) < 4.78 is 0. The number of nitrogens with zero attached hydrogens (tertiary/aromatic N) is 7. The lowest BCUT2D eigenvalue weighted by molar-refractivity contribution is -0.157. The maximum Gasteiger partial charge on any atom is 0.246 e. The molecule has 0 bridgehead atoms. The van der Waals surface area contributed by atoms with Crippen molar-refractivity contribution in [1.29, 1.82) is 0 Å². The van der Waals surface area contributed by atoms with Gasteiger partial charge in [-0.1, -0.05) is 102 Å². The van der Waals surface area contributed by atoms with E-state index in [1.807, 2.05) is 41.5 Å². The molecular formula is C62H111N11O13. The third kappa shape index (κ3) is 21.6. The van der Waals surface area contributed by atoms with Gasteiger partial charge in [0.05, 0.1) is 12.6 Å². The Hall–Kier alpha value is -6.17. The monoisotopic (exact) mass is 1220 g/mol. The van der Waals surface area contributed by atoms with Crippen molar-refractivity contribution in [2.45, 2.75) is 216 Å². The van der Waals surface area contributed by atoms with Gasteiger partial charge in [-0.15, -0.1) is 0 Å². The molecule has 0 aliphatic carbocycles. The van der Waals surface area contributed by atoms with Gasteiger partial charge in [-0.05, 0) is 101 Å². The van der Waals surface area contributed by atoms with Crippen molar-refractivity contribution in [2.24, 2.45) is 41.4 Å². The van der Waals surface area contributed by atoms with Crippen LogP contribution >= 0.6 is 0 Å². The van der Waals surface area contributed by atoms with Gasteiger partial charge in [0, 0.05) is 55.9 Å². The highest BCUT2D eigenvalue weighted by Gasteiger charge is 2.46. The van der Waals surface area contributed by atoms with Gasteiger partial charge >= 0.3 is 0 Å². The maximum atomic E-state index is 15.1. The molecule has 1 rings (SSSR count). The Bertz CT molecular complexity index is 2350. The van der Waals surface area contributed by atoms with Gasteiger partial charge in [-0.25, -0.2) is 0 Å². The zero-order valence-electron chi connectivity index (χ0n) is 56.2. The van der Waals surface area contributed by atoms with E-state index < -0.39 is 162 Å². The van der Waals surface area contributed by atoms with Crippen molar-refractivity contribution in [3.8, 4) is 0 Å². The highest BCUT2D eigenvalue weighted by atomic mass is 16.3. The van der Waals surface area contributed by atoms with Crippen LogP contribution in [0.5, 0.6) is 0 Å². The fraction of sp³-hybridized carbons (Fsp3) is 0.790. The number of amides is 11. The number of hydrogen-bond donors (Lipinski definition) is 6. The van der Waals surface area contributed by atoms with Crippen LogP contribution in [-0.4, -0.2) is 238 Å². The molecule has 24 nitrogen and oxygen atoms in total. The molecule has 0 radical (unpaired) electrons. The second kappa shape index (κ2) is 35.6.